The average Bonchev–Trinajstić information content (AvgIpc) is 2.90. The van der Waals surface area contributed by atoms with Crippen LogP contribution in [0.5, 0.6) is 5.75 Å². The summed E-state index contributed by atoms with van der Waals surface area (Å²) in [6, 6.07) is 24.5. The number of likely N-dealkylation sites (N-methyl/N-ethyl adjacent to an activating group) is 1. The molecular formula is C30H28N4O3. The van der Waals surface area contributed by atoms with Gasteiger partial charge in [0.05, 0.1) is 11.3 Å². The van der Waals surface area contributed by atoms with Crippen molar-refractivity contribution in [1.82, 2.24) is 14.9 Å². The van der Waals surface area contributed by atoms with Gasteiger partial charge in [-0.15, -0.1) is 0 Å². The predicted octanol–water partition coefficient (Wildman–Crippen LogP) is 5.19. The van der Waals surface area contributed by atoms with Crippen LogP contribution in [-0.4, -0.2) is 47.9 Å². The Morgan fingerprint density at radius 3 is 2.46 bits per heavy atom. The maximum absolute atomic E-state index is 13.1. The molecule has 37 heavy (non-hydrogen) atoms. The van der Waals surface area contributed by atoms with Gasteiger partial charge in [-0.1, -0.05) is 42.5 Å². The van der Waals surface area contributed by atoms with Crippen LogP contribution in [0.25, 0.3) is 21.8 Å². The monoisotopic (exact) mass is 492 g/mol. The topological polar surface area (TPSA) is 87.3 Å². The van der Waals surface area contributed by atoms with Crippen LogP contribution in [0.2, 0.25) is 0 Å². The number of carbonyl (C=O) groups is 1. The van der Waals surface area contributed by atoms with Gasteiger partial charge in [0.25, 0.3) is 5.56 Å². The molecule has 0 saturated carbocycles. The zero-order valence-electron chi connectivity index (χ0n) is 20.8. The lowest BCUT2D eigenvalue weighted by molar-refractivity contribution is 0.0988. The first kappa shape index (κ1) is 24.2. The van der Waals surface area contributed by atoms with Crippen molar-refractivity contribution in [3.05, 3.63) is 107 Å². The lowest BCUT2D eigenvalue weighted by Crippen LogP contribution is -2.20. The number of H-pyrrole nitrogens is 1. The van der Waals surface area contributed by atoms with E-state index in [-0.39, 0.29) is 17.8 Å². The van der Waals surface area contributed by atoms with Crippen molar-refractivity contribution in [2.24, 2.45) is 0 Å². The minimum absolute atomic E-state index is 0.0108. The molecule has 5 aromatic rings. The van der Waals surface area contributed by atoms with Gasteiger partial charge in [0, 0.05) is 41.0 Å². The SMILES string of the molecule is CN(C)CCOc1ccccc1C(=O)Cc1ccc(Nc2ccnc3[nH]c(=O)c4ccccc4c23)cc1. The molecule has 0 fully saturated rings. The quantitative estimate of drug-likeness (QED) is 0.218. The Kier molecular flexibility index (Phi) is 6.96. The Hall–Kier alpha value is -4.49. The molecule has 0 spiro atoms. The van der Waals surface area contributed by atoms with Crippen molar-refractivity contribution in [3.8, 4) is 5.75 Å². The second-order valence-electron chi connectivity index (χ2n) is 9.15. The fraction of sp³-hybridized carbons (Fsp3) is 0.167. The Morgan fingerprint density at radius 2 is 1.68 bits per heavy atom. The van der Waals surface area contributed by atoms with Gasteiger partial charge in [-0.2, -0.15) is 0 Å². The minimum Gasteiger partial charge on any atom is -0.491 e. The normalized spacial score (nSPS) is 11.2. The smallest absolute Gasteiger partial charge is 0.257 e. The van der Waals surface area contributed by atoms with Crippen LogP contribution in [0.15, 0.2) is 89.9 Å². The summed E-state index contributed by atoms with van der Waals surface area (Å²) in [4.78, 5) is 34.8. The van der Waals surface area contributed by atoms with E-state index in [1.165, 1.54) is 0 Å². The minimum atomic E-state index is -0.161. The van der Waals surface area contributed by atoms with E-state index in [0.29, 0.717) is 29.0 Å². The molecule has 0 atom stereocenters. The molecule has 5 rings (SSSR count). The number of aromatic nitrogens is 2. The van der Waals surface area contributed by atoms with Crippen LogP contribution in [-0.2, 0) is 6.42 Å². The highest BCUT2D eigenvalue weighted by Gasteiger charge is 2.14. The fourth-order valence-electron chi connectivity index (χ4n) is 4.31. The van der Waals surface area contributed by atoms with Crippen molar-refractivity contribution in [3.63, 3.8) is 0 Å². The maximum Gasteiger partial charge on any atom is 0.257 e. The number of ether oxygens (including phenoxy) is 1. The number of ketones is 1. The first-order valence-corrected chi connectivity index (χ1v) is 12.1. The van der Waals surface area contributed by atoms with Gasteiger partial charge in [0.15, 0.2) is 5.78 Å². The van der Waals surface area contributed by atoms with Gasteiger partial charge in [0.1, 0.15) is 18.0 Å². The molecule has 0 aliphatic carbocycles. The molecule has 3 aromatic carbocycles. The number of fused-ring (bicyclic) bond motifs is 3. The van der Waals surface area contributed by atoms with Gasteiger partial charge in [-0.25, -0.2) is 4.98 Å². The van der Waals surface area contributed by atoms with Crippen LogP contribution in [0, 0.1) is 0 Å². The summed E-state index contributed by atoms with van der Waals surface area (Å²) in [5, 5.41) is 5.75. The van der Waals surface area contributed by atoms with Gasteiger partial charge in [0.2, 0.25) is 0 Å². The van der Waals surface area contributed by atoms with Gasteiger partial charge >= 0.3 is 0 Å². The summed E-state index contributed by atoms with van der Waals surface area (Å²) in [6.45, 7) is 1.29. The number of hydrogen-bond donors (Lipinski definition) is 2. The fourth-order valence-corrected chi connectivity index (χ4v) is 4.31. The number of carbonyl (C=O) groups excluding carboxylic acids is 1. The lowest BCUT2D eigenvalue weighted by atomic mass is 10.0. The molecule has 0 unspecified atom stereocenters. The summed E-state index contributed by atoms with van der Waals surface area (Å²) in [5.74, 6) is 0.624. The van der Waals surface area contributed by atoms with Gasteiger partial charge in [-0.3, -0.25) is 9.59 Å². The summed E-state index contributed by atoms with van der Waals surface area (Å²) in [5.41, 5.74) is 3.57. The number of para-hydroxylation sites is 1. The third-order valence-corrected chi connectivity index (χ3v) is 6.21. The van der Waals surface area contributed by atoms with Crippen molar-refractivity contribution in [1.29, 1.82) is 0 Å². The van der Waals surface area contributed by atoms with Crippen molar-refractivity contribution >= 4 is 39.0 Å². The first-order chi connectivity index (χ1) is 18.0. The second kappa shape index (κ2) is 10.6. The molecule has 0 aliphatic rings. The van der Waals surface area contributed by atoms with E-state index in [9.17, 15) is 9.59 Å². The molecule has 0 radical (unpaired) electrons. The van der Waals surface area contributed by atoms with E-state index < -0.39 is 0 Å². The summed E-state index contributed by atoms with van der Waals surface area (Å²) in [6.07, 6.45) is 1.94. The number of benzene rings is 3. The average molecular weight is 493 g/mol. The number of nitrogens with zero attached hydrogens (tertiary/aromatic N) is 2. The Labute approximate surface area is 214 Å². The zero-order valence-corrected chi connectivity index (χ0v) is 20.8. The molecule has 2 aromatic heterocycles. The lowest BCUT2D eigenvalue weighted by Gasteiger charge is -2.14. The maximum atomic E-state index is 13.1. The first-order valence-electron chi connectivity index (χ1n) is 12.1. The van der Waals surface area contributed by atoms with Gasteiger partial charge < -0.3 is 19.9 Å². The molecule has 7 heteroatoms. The Morgan fingerprint density at radius 1 is 0.946 bits per heavy atom. The highest BCUT2D eigenvalue weighted by molar-refractivity contribution is 6.10. The number of pyridine rings is 2. The molecule has 2 heterocycles. The van der Waals surface area contributed by atoms with Gasteiger partial charge in [-0.05, 0) is 56.1 Å². The van der Waals surface area contributed by atoms with E-state index in [1.807, 2.05) is 97.9 Å². The number of anilines is 2. The van der Waals surface area contributed by atoms with E-state index in [2.05, 4.69) is 15.3 Å². The van der Waals surface area contributed by atoms with Crippen LogP contribution in [0.4, 0.5) is 11.4 Å². The number of nitrogens with one attached hydrogen (secondary N) is 2. The standard InChI is InChI=1S/C30H28N4O3/c1-34(2)17-18-37-27-10-6-5-9-24(27)26(35)19-20-11-13-21(14-12-20)32-25-15-16-31-29-28(25)22-7-3-4-8-23(22)30(36)33-29/h3-16H,17-19H2,1-2H3,(H2,31,32,33,36). The number of Topliss-reactive ketones (excluding diaryl/α,β-unsaturated/α-hetero) is 1. The number of rotatable bonds is 9. The number of aromatic amines is 1. The van der Waals surface area contributed by atoms with Crippen molar-refractivity contribution in [2.45, 2.75) is 6.42 Å². The Balaban J connectivity index is 1.34. The Bertz CT molecular complexity index is 1620. The largest absolute Gasteiger partial charge is 0.491 e. The van der Waals surface area contributed by atoms with E-state index in [0.717, 1.165) is 34.3 Å². The second-order valence-corrected chi connectivity index (χ2v) is 9.15. The molecule has 0 amide bonds. The molecule has 7 nitrogen and oxygen atoms in total. The third-order valence-electron chi connectivity index (χ3n) is 6.21. The molecule has 186 valence electrons. The van der Waals surface area contributed by atoms with Crippen LogP contribution < -0.4 is 15.6 Å². The van der Waals surface area contributed by atoms with Crippen LogP contribution >= 0.6 is 0 Å². The highest BCUT2D eigenvalue weighted by Crippen LogP contribution is 2.29. The van der Waals surface area contributed by atoms with Crippen LogP contribution in [0.1, 0.15) is 15.9 Å². The molecular weight excluding hydrogens is 464 g/mol. The summed E-state index contributed by atoms with van der Waals surface area (Å²) in [7, 11) is 3.97. The van der Waals surface area contributed by atoms with Crippen molar-refractivity contribution in [2.75, 3.05) is 32.6 Å². The third kappa shape index (κ3) is 5.37. The summed E-state index contributed by atoms with van der Waals surface area (Å²) < 4.78 is 5.87. The molecule has 0 bridgehead atoms. The van der Waals surface area contributed by atoms with E-state index in [4.69, 9.17) is 4.74 Å². The van der Waals surface area contributed by atoms with Crippen LogP contribution in [0.3, 0.4) is 0 Å². The molecule has 0 saturated heterocycles. The van der Waals surface area contributed by atoms with E-state index >= 15 is 0 Å². The summed E-state index contributed by atoms with van der Waals surface area (Å²) >= 11 is 0. The van der Waals surface area contributed by atoms with E-state index in [1.54, 1.807) is 6.20 Å². The molecule has 0 aliphatic heterocycles. The highest BCUT2D eigenvalue weighted by atomic mass is 16.5. The number of hydrogen-bond acceptors (Lipinski definition) is 6. The zero-order chi connectivity index (χ0) is 25.8. The molecule has 2 N–H and O–H groups in total. The predicted molar refractivity (Wildman–Crippen MR) is 148 cm³/mol. The van der Waals surface area contributed by atoms with Crippen molar-refractivity contribution < 1.29 is 9.53 Å².